The highest BCUT2D eigenvalue weighted by Crippen LogP contribution is 2.15. The van der Waals surface area contributed by atoms with Gasteiger partial charge in [-0.25, -0.2) is 13.2 Å². The molecule has 0 saturated heterocycles. The highest BCUT2D eigenvalue weighted by molar-refractivity contribution is 5.96. The Morgan fingerprint density at radius 1 is 0.952 bits per heavy atom. The summed E-state index contributed by atoms with van der Waals surface area (Å²) < 4.78 is 38.9. The molecule has 0 aliphatic heterocycles. The van der Waals surface area contributed by atoms with E-state index in [9.17, 15) is 18.0 Å². The summed E-state index contributed by atoms with van der Waals surface area (Å²) in [7, 11) is 1.76. The van der Waals surface area contributed by atoms with Crippen molar-refractivity contribution >= 4 is 11.5 Å². The van der Waals surface area contributed by atoms with Crippen molar-refractivity contribution in [1.82, 2.24) is 0 Å². The predicted octanol–water partition coefficient (Wildman–Crippen LogP) is 3.81. The van der Waals surface area contributed by atoms with Crippen molar-refractivity contribution < 1.29 is 18.0 Å². The number of anilines is 1. The van der Waals surface area contributed by atoms with Gasteiger partial charge in [0.25, 0.3) is 0 Å². The molecule has 0 N–H and O–H groups in total. The quantitative estimate of drug-likeness (QED) is 0.781. The minimum absolute atomic E-state index is 0.0139. The zero-order valence-electron chi connectivity index (χ0n) is 11.4. The van der Waals surface area contributed by atoms with Gasteiger partial charge < -0.3 is 4.90 Å². The fraction of sp³-hybridized carbons (Fsp3) is 0.188. The molecule has 0 amide bonds. The second-order valence-electron chi connectivity index (χ2n) is 4.73. The average Bonchev–Trinajstić information content (AvgIpc) is 2.44. The van der Waals surface area contributed by atoms with E-state index in [0.717, 1.165) is 23.9 Å². The molecule has 2 aromatic carbocycles. The molecular weight excluding hydrogens is 279 g/mol. The molecule has 0 bridgehead atoms. The Morgan fingerprint density at radius 3 is 2.10 bits per heavy atom. The van der Waals surface area contributed by atoms with Gasteiger partial charge in [-0.1, -0.05) is 0 Å². The molecule has 5 heteroatoms. The van der Waals surface area contributed by atoms with Gasteiger partial charge in [-0.2, -0.15) is 0 Å². The van der Waals surface area contributed by atoms with E-state index in [0.29, 0.717) is 6.54 Å². The summed E-state index contributed by atoms with van der Waals surface area (Å²) >= 11 is 0. The minimum atomic E-state index is -0.773. The Balaban J connectivity index is 1.98. The Hall–Kier alpha value is -2.30. The van der Waals surface area contributed by atoms with Crippen LogP contribution in [0.5, 0.6) is 0 Å². The van der Waals surface area contributed by atoms with Crippen LogP contribution < -0.4 is 4.90 Å². The summed E-state index contributed by atoms with van der Waals surface area (Å²) in [6.45, 7) is 0.364. The van der Waals surface area contributed by atoms with Gasteiger partial charge in [0.15, 0.2) is 5.78 Å². The smallest absolute Gasteiger partial charge is 0.164 e. The Bertz CT molecular complexity index is 620. The van der Waals surface area contributed by atoms with Gasteiger partial charge >= 0.3 is 0 Å². The molecule has 0 saturated carbocycles. The first-order chi connectivity index (χ1) is 9.95. The monoisotopic (exact) mass is 293 g/mol. The lowest BCUT2D eigenvalue weighted by Crippen LogP contribution is -2.21. The van der Waals surface area contributed by atoms with Gasteiger partial charge in [-0.05, 0) is 36.4 Å². The van der Waals surface area contributed by atoms with Crippen LogP contribution in [0.1, 0.15) is 16.8 Å². The normalized spacial score (nSPS) is 10.5. The molecule has 0 fully saturated rings. The van der Waals surface area contributed by atoms with Crippen molar-refractivity contribution in [1.29, 1.82) is 0 Å². The predicted molar refractivity (Wildman–Crippen MR) is 75.0 cm³/mol. The molecule has 0 atom stereocenters. The van der Waals surface area contributed by atoms with Crippen molar-refractivity contribution in [3.63, 3.8) is 0 Å². The highest BCUT2D eigenvalue weighted by atomic mass is 19.1. The first-order valence-electron chi connectivity index (χ1n) is 6.42. The molecule has 110 valence electrons. The third-order valence-corrected chi connectivity index (χ3v) is 3.13. The van der Waals surface area contributed by atoms with Crippen molar-refractivity contribution in [2.75, 3.05) is 18.5 Å². The zero-order valence-corrected chi connectivity index (χ0v) is 11.4. The van der Waals surface area contributed by atoms with Crippen molar-refractivity contribution in [2.45, 2.75) is 6.42 Å². The summed E-state index contributed by atoms with van der Waals surface area (Å²) in [6, 6.07) is 8.61. The fourth-order valence-electron chi connectivity index (χ4n) is 1.95. The Morgan fingerprint density at radius 2 is 1.52 bits per heavy atom. The van der Waals surface area contributed by atoms with Crippen LogP contribution in [-0.2, 0) is 0 Å². The van der Waals surface area contributed by atoms with Gasteiger partial charge in [0.1, 0.15) is 17.5 Å². The lowest BCUT2D eigenvalue weighted by Gasteiger charge is -2.18. The number of carbonyl (C=O) groups excluding carboxylic acids is 1. The summed E-state index contributed by atoms with van der Waals surface area (Å²) in [5.41, 5.74) is 0.773. The SMILES string of the molecule is CN(CCC(=O)c1cc(F)cc(F)c1)c1ccc(F)cc1. The first-order valence-corrected chi connectivity index (χ1v) is 6.42. The zero-order chi connectivity index (χ0) is 15.4. The highest BCUT2D eigenvalue weighted by Gasteiger charge is 2.11. The molecule has 0 radical (unpaired) electrons. The summed E-state index contributed by atoms with van der Waals surface area (Å²) in [6.07, 6.45) is 0.108. The van der Waals surface area contributed by atoms with E-state index in [1.165, 1.54) is 12.1 Å². The van der Waals surface area contributed by atoms with E-state index < -0.39 is 11.6 Å². The number of hydrogen-bond acceptors (Lipinski definition) is 2. The fourth-order valence-corrected chi connectivity index (χ4v) is 1.95. The minimum Gasteiger partial charge on any atom is -0.374 e. The number of halogens is 3. The summed E-state index contributed by atoms with van der Waals surface area (Å²) in [5.74, 6) is -2.23. The molecule has 2 aromatic rings. The van der Waals surface area contributed by atoms with Crippen LogP contribution >= 0.6 is 0 Å². The third kappa shape index (κ3) is 4.08. The number of Topliss-reactive ketones (excluding diaryl/α,β-unsaturated/α-hetero) is 1. The second-order valence-corrected chi connectivity index (χ2v) is 4.73. The number of ketones is 1. The number of carbonyl (C=O) groups is 1. The van der Waals surface area contributed by atoms with Crippen molar-refractivity contribution in [3.8, 4) is 0 Å². The van der Waals surface area contributed by atoms with Gasteiger partial charge in [-0.3, -0.25) is 4.79 Å². The lowest BCUT2D eigenvalue weighted by molar-refractivity contribution is 0.0984. The van der Waals surface area contributed by atoms with Crippen LogP contribution in [0.3, 0.4) is 0 Å². The van der Waals surface area contributed by atoms with E-state index in [2.05, 4.69) is 0 Å². The van der Waals surface area contributed by atoms with Crippen LogP contribution in [0, 0.1) is 17.5 Å². The topological polar surface area (TPSA) is 20.3 Å². The van der Waals surface area contributed by atoms with Crippen LogP contribution in [-0.4, -0.2) is 19.4 Å². The van der Waals surface area contributed by atoms with Crippen LogP contribution in [0.2, 0.25) is 0 Å². The maximum Gasteiger partial charge on any atom is 0.164 e. The van der Waals surface area contributed by atoms with Gasteiger partial charge in [0.05, 0.1) is 0 Å². The van der Waals surface area contributed by atoms with Crippen molar-refractivity contribution in [2.24, 2.45) is 0 Å². The second kappa shape index (κ2) is 6.43. The average molecular weight is 293 g/mol. The lowest BCUT2D eigenvalue weighted by atomic mass is 10.1. The van der Waals surface area contributed by atoms with Crippen molar-refractivity contribution in [3.05, 3.63) is 65.5 Å². The van der Waals surface area contributed by atoms with E-state index in [1.54, 1.807) is 24.1 Å². The molecule has 0 aliphatic rings. The molecule has 0 spiro atoms. The molecule has 0 aliphatic carbocycles. The van der Waals surface area contributed by atoms with E-state index >= 15 is 0 Å². The van der Waals surface area contributed by atoms with E-state index in [-0.39, 0.29) is 23.6 Å². The summed E-state index contributed by atoms with van der Waals surface area (Å²) in [5, 5.41) is 0. The van der Waals surface area contributed by atoms with Gasteiger partial charge in [0.2, 0.25) is 0 Å². The molecular formula is C16H14F3NO. The van der Waals surface area contributed by atoms with Crippen LogP contribution in [0.4, 0.5) is 18.9 Å². The first kappa shape index (κ1) is 15.1. The molecule has 2 nitrogen and oxygen atoms in total. The third-order valence-electron chi connectivity index (χ3n) is 3.13. The molecule has 0 heterocycles. The number of nitrogens with zero attached hydrogens (tertiary/aromatic N) is 1. The molecule has 21 heavy (non-hydrogen) atoms. The number of benzene rings is 2. The van der Waals surface area contributed by atoms with Gasteiger partial charge in [-0.15, -0.1) is 0 Å². The number of rotatable bonds is 5. The summed E-state index contributed by atoms with van der Waals surface area (Å²) in [4.78, 5) is 13.7. The Labute approximate surface area is 120 Å². The van der Waals surface area contributed by atoms with Crippen LogP contribution in [0.25, 0.3) is 0 Å². The Kier molecular flexibility index (Phi) is 4.62. The molecule has 0 unspecified atom stereocenters. The maximum atomic E-state index is 13.1. The standard InChI is InChI=1S/C16H14F3NO/c1-20(15-4-2-12(17)3-5-15)7-6-16(21)11-8-13(18)10-14(19)9-11/h2-5,8-10H,6-7H2,1H3. The largest absolute Gasteiger partial charge is 0.374 e. The number of hydrogen-bond donors (Lipinski definition) is 0. The van der Waals surface area contributed by atoms with E-state index in [4.69, 9.17) is 0 Å². The van der Waals surface area contributed by atoms with Crippen LogP contribution in [0.15, 0.2) is 42.5 Å². The van der Waals surface area contributed by atoms with E-state index in [1.807, 2.05) is 0 Å². The van der Waals surface area contributed by atoms with Gasteiger partial charge in [0, 0.05) is 37.3 Å². The molecule has 2 rings (SSSR count). The molecule has 0 aromatic heterocycles. The maximum absolute atomic E-state index is 13.1.